The van der Waals surface area contributed by atoms with Gasteiger partial charge in [-0.05, 0) is 44.0 Å². The number of carbonyl (C=O) groups is 1. The summed E-state index contributed by atoms with van der Waals surface area (Å²) in [5.74, 6) is -5.60. The third-order valence-electron chi connectivity index (χ3n) is 5.35. The Balaban J connectivity index is 1.84. The number of hydrogen-bond acceptors (Lipinski definition) is 3. The highest BCUT2D eigenvalue weighted by atomic mass is 19.2. The lowest BCUT2D eigenvalue weighted by atomic mass is 9.96. The molecule has 0 aliphatic heterocycles. The zero-order chi connectivity index (χ0) is 24.5. The van der Waals surface area contributed by atoms with Crippen LogP contribution < -0.4 is 10.5 Å². The summed E-state index contributed by atoms with van der Waals surface area (Å²) >= 11 is 0. The number of nitrogens with two attached hydrogens (primary N) is 1. The van der Waals surface area contributed by atoms with E-state index in [1.807, 2.05) is 0 Å². The SMILES string of the molecule is Cc1ccc(-c2ccc(-c3ccc(OC(C)CC(C)(N)C(=O)O)cc3)c(F)c2F)c(F)c1F. The number of rotatable bonds is 7. The number of ether oxygens (including phenoxy) is 1. The third kappa shape index (κ3) is 5.01. The molecule has 0 aliphatic rings. The van der Waals surface area contributed by atoms with E-state index >= 15 is 0 Å². The fourth-order valence-corrected chi connectivity index (χ4v) is 3.51. The first-order valence-electron chi connectivity index (χ1n) is 10.1. The molecule has 0 aromatic heterocycles. The highest BCUT2D eigenvalue weighted by molar-refractivity contribution is 5.77. The molecule has 4 nitrogen and oxygen atoms in total. The van der Waals surface area contributed by atoms with Crippen LogP contribution in [0.3, 0.4) is 0 Å². The fraction of sp³-hybridized carbons (Fsp3) is 0.240. The molecule has 3 rings (SSSR count). The zero-order valence-corrected chi connectivity index (χ0v) is 18.3. The highest BCUT2D eigenvalue weighted by Gasteiger charge is 2.30. The van der Waals surface area contributed by atoms with Crippen molar-refractivity contribution >= 4 is 5.97 Å². The molecular weight excluding hydrogens is 438 g/mol. The Labute approximate surface area is 188 Å². The van der Waals surface area contributed by atoms with Crippen LogP contribution in [-0.2, 0) is 4.79 Å². The molecule has 0 radical (unpaired) electrons. The van der Waals surface area contributed by atoms with Crippen LogP contribution in [0, 0.1) is 30.2 Å². The van der Waals surface area contributed by atoms with Gasteiger partial charge in [0.1, 0.15) is 11.3 Å². The Kier molecular flexibility index (Phi) is 6.78. The molecule has 0 bridgehead atoms. The van der Waals surface area contributed by atoms with E-state index in [2.05, 4.69) is 0 Å². The van der Waals surface area contributed by atoms with Crippen molar-refractivity contribution in [2.45, 2.75) is 38.8 Å². The molecule has 0 spiro atoms. The highest BCUT2D eigenvalue weighted by Crippen LogP contribution is 2.34. The second-order valence-corrected chi connectivity index (χ2v) is 8.23. The number of halogens is 4. The van der Waals surface area contributed by atoms with Gasteiger partial charge in [-0.25, -0.2) is 17.6 Å². The molecule has 3 aromatic rings. The summed E-state index contributed by atoms with van der Waals surface area (Å²) in [5, 5.41) is 9.11. The molecule has 2 unspecified atom stereocenters. The number of carboxylic acids is 1. The topological polar surface area (TPSA) is 72.5 Å². The fourth-order valence-electron chi connectivity index (χ4n) is 3.51. The van der Waals surface area contributed by atoms with Crippen LogP contribution in [0.5, 0.6) is 5.75 Å². The van der Waals surface area contributed by atoms with Crippen LogP contribution in [-0.4, -0.2) is 22.7 Å². The summed E-state index contributed by atoms with van der Waals surface area (Å²) in [7, 11) is 0. The number of benzene rings is 3. The molecule has 33 heavy (non-hydrogen) atoms. The Bertz CT molecular complexity index is 1190. The molecule has 3 N–H and O–H groups in total. The van der Waals surface area contributed by atoms with Gasteiger partial charge in [-0.15, -0.1) is 0 Å². The van der Waals surface area contributed by atoms with E-state index in [0.717, 1.165) is 0 Å². The van der Waals surface area contributed by atoms with Gasteiger partial charge in [0.25, 0.3) is 0 Å². The van der Waals surface area contributed by atoms with Gasteiger partial charge in [-0.2, -0.15) is 0 Å². The molecule has 3 aromatic carbocycles. The van der Waals surface area contributed by atoms with Crippen molar-refractivity contribution < 1.29 is 32.2 Å². The van der Waals surface area contributed by atoms with Crippen LogP contribution in [0.4, 0.5) is 17.6 Å². The average molecular weight is 461 g/mol. The van der Waals surface area contributed by atoms with E-state index in [1.54, 1.807) is 6.92 Å². The molecule has 0 heterocycles. The Morgan fingerprint density at radius 3 is 1.97 bits per heavy atom. The lowest BCUT2D eigenvalue weighted by molar-refractivity contribution is -0.143. The maximum absolute atomic E-state index is 14.8. The van der Waals surface area contributed by atoms with Gasteiger partial charge in [0.2, 0.25) is 0 Å². The van der Waals surface area contributed by atoms with Crippen LogP contribution in [0.25, 0.3) is 22.3 Å². The van der Waals surface area contributed by atoms with E-state index in [9.17, 15) is 22.4 Å². The first-order chi connectivity index (χ1) is 15.4. The van der Waals surface area contributed by atoms with Crippen molar-refractivity contribution in [1.82, 2.24) is 0 Å². The normalized spacial score (nSPS) is 13.9. The van der Waals surface area contributed by atoms with E-state index in [4.69, 9.17) is 15.6 Å². The summed E-state index contributed by atoms with van der Waals surface area (Å²) in [5.41, 5.74) is 3.84. The maximum Gasteiger partial charge on any atom is 0.323 e. The molecule has 8 heteroatoms. The lowest BCUT2D eigenvalue weighted by Gasteiger charge is -2.24. The number of hydrogen-bond donors (Lipinski definition) is 2. The minimum absolute atomic E-state index is 0.0571. The smallest absolute Gasteiger partial charge is 0.323 e. The molecular formula is C25H23F4NO3. The van der Waals surface area contributed by atoms with E-state index < -0.39 is 40.9 Å². The Morgan fingerprint density at radius 2 is 1.39 bits per heavy atom. The van der Waals surface area contributed by atoms with Crippen molar-refractivity contribution in [3.8, 4) is 28.0 Å². The maximum atomic E-state index is 14.8. The second kappa shape index (κ2) is 9.23. The van der Waals surface area contributed by atoms with Crippen LogP contribution in [0.2, 0.25) is 0 Å². The van der Waals surface area contributed by atoms with Gasteiger partial charge >= 0.3 is 5.97 Å². The zero-order valence-electron chi connectivity index (χ0n) is 18.3. The first-order valence-corrected chi connectivity index (χ1v) is 10.1. The van der Waals surface area contributed by atoms with Gasteiger partial charge in [-0.3, -0.25) is 4.79 Å². The summed E-state index contributed by atoms with van der Waals surface area (Å²) in [6.45, 7) is 4.43. The van der Waals surface area contributed by atoms with Gasteiger partial charge in [0.15, 0.2) is 23.3 Å². The minimum Gasteiger partial charge on any atom is -0.491 e. The van der Waals surface area contributed by atoms with Gasteiger partial charge in [0, 0.05) is 23.1 Å². The molecule has 0 amide bonds. The van der Waals surface area contributed by atoms with Crippen LogP contribution in [0.15, 0.2) is 48.5 Å². The van der Waals surface area contributed by atoms with Crippen molar-refractivity contribution in [3.63, 3.8) is 0 Å². The van der Waals surface area contributed by atoms with Crippen molar-refractivity contribution in [2.75, 3.05) is 0 Å². The number of aryl methyl sites for hydroxylation is 1. The quantitative estimate of drug-likeness (QED) is 0.434. The van der Waals surface area contributed by atoms with Crippen molar-refractivity contribution in [1.29, 1.82) is 0 Å². The predicted molar refractivity (Wildman–Crippen MR) is 117 cm³/mol. The van der Waals surface area contributed by atoms with E-state index in [1.165, 1.54) is 62.4 Å². The lowest BCUT2D eigenvalue weighted by Crippen LogP contribution is -2.47. The Morgan fingerprint density at radius 1 is 0.909 bits per heavy atom. The summed E-state index contributed by atoms with van der Waals surface area (Å²) in [6.07, 6.45) is -0.457. The van der Waals surface area contributed by atoms with Gasteiger partial charge < -0.3 is 15.6 Å². The number of aliphatic carboxylic acids is 1. The molecule has 0 saturated heterocycles. The monoisotopic (exact) mass is 461 g/mol. The van der Waals surface area contributed by atoms with E-state index in [-0.39, 0.29) is 28.7 Å². The van der Waals surface area contributed by atoms with Gasteiger partial charge in [0.05, 0.1) is 6.10 Å². The molecule has 174 valence electrons. The largest absolute Gasteiger partial charge is 0.491 e. The summed E-state index contributed by atoms with van der Waals surface area (Å²) in [6, 6.07) is 11.0. The molecule has 0 aliphatic carbocycles. The number of carboxylic acid groups (broad SMARTS) is 1. The predicted octanol–water partition coefficient (Wildman–Crippen LogP) is 5.84. The third-order valence-corrected chi connectivity index (χ3v) is 5.35. The minimum atomic E-state index is -1.46. The summed E-state index contributed by atoms with van der Waals surface area (Å²) < 4.78 is 63.4. The standard InChI is InChI=1S/C25H23F4NO3/c1-13-4-9-18(22(28)20(13)26)19-11-10-17(21(27)23(19)29)15-5-7-16(8-6-15)33-14(2)12-25(3,30)24(31)32/h4-11,14H,12,30H2,1-3H3,(H,31,32). The van der Waals surface area contributed by atoms with Crippen molar-refractivity contribution in [3.05, 3.63) is 77.4 Å². The van der Waals surface area contributed by atoms with Crippen LogP contribution in [0.1, 0.15) is 25.8 Å². The molecule has 0 saturated carbocycles. The van der Waals surface area contributed by atoms with Crippen molar-refractivity contribution in [2.24, 2.45) is 5.73 Å². The average Bonchev–Trinajstić information content (AvgIpc) is 2.75. The summed E-state index contributed by atoms with van der Waals surface area (Å²) in [4.78, 5) is 11.1. The van der Waals surface area contributed by atoms with Gasteiger partial charge in [-0.1, -0.05) is 36.4 Å². The molecule has 2 atom stereocenters. The Hall–Kier alpha value is -3.39. The van der Waals surface area contributed by atoms with E-state index in [0.29, 0.717) is 11.3 Å². The first kappa shape index (κ1) is 24.3. The molecule has 0 fully saturated rings. The van der Waals surface area contributed by atoms with Crippen LogP contribution >= 0.6 is 0 Å². The second-order valence-electron chi connectivity index (χ2n) is 8.23.